The fourth-order valence-corrected chi connectivity index (χ4v) is 4.12. The molecule has 5 nitrogen and oxygen atoms in total. The van der Waals surface area contributed by atoms with Crippen molar-refractivity contribution in [2.24, 2.45) is 0 Å². The number of anilines is 2. The summed E-state index contributed by atoms with van der Waals surface area (Å²) in [6, 6.07) is 15.3. The average Bonchev–Trinajstić information content (AvgIpc) is 2.63. The summed E-state index contributed by atoms with van der Waals surface area (Å²) >= 11 is 1.25. The molecular formula is C20H22N2O3S. The lowest BCUT2D eigenvalue weighted by Crippen LogP contribution is -2.52. The molecule has 6 heteroatoms. The number of hydrogen-bond acceptors (Lipinski definition) is 5. The largest absolute Gasteiger partial charge is 0.465 e. The zero-order valence-corrected chi connectivity index (χ0v) is 15.9. The summed E-state index contributed by atoms with van der Waals surface area (Å²) in [6.07, 6.45) is 0.292. The number of carbonyl (C=O) groups is 2. The zero-order valence-electron chi connectivity index (χ0n) is 15.1. The van der Waals surface area contributed by atoms with Crippen LogP contribution in [0.1, 0.15) is 12.5 Å². The molecule has 0 aliphatic carbocycles. The maximum atomic E-state index is 13.0. The number of benzene rings is 2. The van der Waals surface area contributed by atoms with Crippen molar-refractivity contribution >= 4 is 35.0 Å². The highest BCUT2D eigenvalue weighted by Gasteiger charge is 2.51. The molecule has 1 atom stereocenters. The lowest BCUT2D eigenvalue weighted by molar-refractivity contribution is -0.148. The monoisotopic (exact) mass is 370 g/mol. The molecule has 0 fully saturated rings. The van der Waals surface area contributed by atoms with Crippen LogP contribution in [0.5, 0.6) is 0 Å². The topological polar surface area (TPSA) is 58.6 Å². The zero-order chi connectivity index (χ0) is 18.7. The van der Waals surface area contributed by atoms with E-state index >= 15 is 0 Å². The van der Waals surface area contributed by atoms with Gasteiger partial charge in [-0.25, -0.2) is 4.79 Å². The van der Waals surface area contributed by atoms with Gasteiger partial charge >= 0.3 is 5.97 Å². The predicted octanol–water partition coefficient (Wildman–Crippen LogP) is 3.34. The molecule has 1 aliphatic heterocycles. The minimum atomic E-state index is -1.33. The van der Waals surface area contributed by atoms with Gasteiger partial charge in [0.25, 0.3) is 5.91 Å². The van der Waals surface area contributed by atoms with Gasteiger partial charge in [0.1, 0.15) is 0 Å². The normalized spacial score (nSPS) is 18.7. The number of esters is 1. The summed E-state index contributed by atoms with van der Waals surface area (Å²) in [5, 5.41) is 2.92. The molecule has 0 radical (unpaired) electrons. The van der Waals surface area contributed by atoms with E-state index < -0.39 is 10.7 Å². The average molecular weight is 370 g/mol. The Morgan fingerprint density at radius 2 is 1.96 bits per heavy atom. The number of thioether (sulfide) groups is 1. The van der Waals surface area contributed by atoms with Crippen molar-refractivity contribution in [2.45, 2.75) is 23.0 Å². The van der Waals surface area contributed by atoms with E-state index in [-0.39, 0.29) is 12.5 Å². The number of fused-ring (bicyclic) bond motifs is 1. The van der Waals surface area contributed by atoms with Crippen molar-refractivity contribution in [1.82, 2.24) is 0 Å². The van der Waals surface area contributed by atoms with Crippen molar-refractivity contribution in [3.05, 3.63) is 54.1 Å². The van der Waals surface area contributed by atoms with E-state index in [1.54, 1.807) is 6.92 Å². The fraction of sp³-hybridized carbons (Fsp3) is 0.300. The Balaban J connectivity index is 2.01. The molecule has 1 unspecified atom stereocenters. The lowest BCUT2D eigenvalue weighted by atomic mass is 9.92. The lowest BCUT2D eigenvalue weighted by Gasteiger charge is -2.34. The van der Waals surface area contributed by atoms with Gasteiger partial charge in [0, 0.05) is 36.8 Å². The standard InChI is InChI=1S/C20H22N2O3S/c1-4-25-19(24)20(26-16-8-6-5-7-9-16)13-14-10-11-15(22(2)3)12-17(14)21-18(20)23/h5-12H,4,13H2,1-3H3,(H,21,23). The van der Waals surface area contributed by atoms with Crippen LogP contribution in [-0.4, -0.2) is 37.3 Å². The number of hydrogen-bond donors (Lipinski definition) is 1. The number of carbonyl (C=O) groups excluding carboxylic acids is 2. The molecule has 1 heterocycles. The van der Waals surface area contributed by atoms with Gasteiger partial charge < -0.3 is 15.0 Å². The van der Waals surface area contributed by atoms with E-state index in [0.29, 0.717) is 6.42 Å². The third-order valence-corrected chi connectivity index (χ3v) is 5.66. The second kappa shape index (κ2) is 7.41. The highest BCUT2D eigenvalue weighted by molar-refractivity contribution is 8.02. The number of nitrogens with one attached hydrogen (secondary N) is 1. The highest BCUT2D eigenvalue weighted by Crippen LogP contribution is 2.43. The van der Waals surface area contributed by atoms with Gasteiger partial charge in [-0.1, -0.05) is 36.0 Å². The quantitative estimate of drug-likeness (QED) is 0.646. The van der Waals surface area contributed by atoms with Crippen LogP contribution in [0.25, 0.3) is 0 Å². The first kappa shape index (κ1) is 18.3. The molecule has 0 saturated heterocycles. The van der Waals surface area contributed by atoms with Crippen molar-refractivity contribution in [1.29, 1.82) is 0 Å². The second-order valence-electron chi connectivity index (χ2n) is 6.33. The van der Waals surface area contributed by atoms with Crippen LogP contribution >= 0.6 is 11.8 Å². The van der Waals surface area contributed by atoms with Crippen LogP contribution in [0, 0.1) is 0 Å². The van der Waals surface area contributed by atoms with Gasteiger partial charge in [0.15, 0.2) is 0 Å². The molecule has 0 aromatic heterocycles. The predicted molar refractivity (Wildman–Crippen MR) is 105 cm³/mol. The molecule has 136 valence electrons. The summed E-state index contributed by atoms with van der Waals surface area (Å²) in [7, 11) is 3.89. The molecule has 1 N–H and O–H groups in total. The minimum absolute atomic E-state index is 0.232. The maximum Gasteiger partial charge on any atom is 0.332 e. The number of ether oxygens (including phenoxy) is 1. The fourth-order valence-electron chi connectivity index (χ4n) is 2.91. The van der Waals surface area contributed by atoms with E-state index in [9.17, 15) is 9.59 Å². The van der Waals surface area contributed by atoms with Crippen LogP contribution in [-0.2, 0) is 20.7 Å². The third-order valence-electron chi connectivity index (χ3n) is 4.30. The van der Waals surface area contributed by atoms with Gasteiger partial charge in [-0.2, -0.15) is 0 Å². The van der Waals surface area contributed by atoms with Crippen molar-refractivity contribution in [3.63, 3.8) is 0 Å². The van der Waals surface area contributed by atoms with E-state index in [4.69, 9.17) is 4.74 Å². The van der Waals surface area contributed by atoms with E-state index in [1.165, 1.54) is 11.8 Å². The van der Waals surface area contributed by atoms with Gasteiger partial charge in [-0.15, -0.1) is 0 Å². The van der Waals surface area contributed by atoms with Crippen molar-refractivity contribution in [2.75, 3.05) is 30.9 Å². The van der Waals surface area contributed by atoms with Crippen LogP contribution < -0.4 is 10.2 Å². The molecular weight excluding hydrogens is 348 g/mol. The molecule has 3 rings (SSSR count). The smallest absolute Gasteiger partial charge is 0.332 e. The van der Waals surface area contributed by atoms with E-state index in [1.807, 2.05) is 67.5 Å². The summed E-state index contributed by atoms with van der Waals surface area (Å²) in [4.78, 5) is 28.7. The molecule has 2 aromatic carbocycles. The Morgan fingerprint density at radius 1 is 1.23 bits per heavy atom. The third kappa shape index (κ3) is 3.42. The SMILES string of the molecule is CCOC(=O)C1(Sc2ccccc2)Cc2ccc(N(C)C)cc2NC1=O. The Hall–Kier alpha value is -2.47. The number of amides is 1. The molecule has 1 aliphatic rings. The van der Waals surface area contributed by atoms with Crippen molar-refractivity contribution in [3.8, 4) is 0 Å². The molecule has 0 bridgehead atoms. The Bertz CT molecular complexity index is 823. The first-order valence-electron chi connectivity index (χ1n) is 8.49. The molecule has 26 heavy (non-hydrogen) atoms. The Morgan fingerprint density at radius 3 is 2.62 bits per heavy atom. The first-order valence-corrected chi connectivity index (χ1v) is 9.31. The highest BCUT2D eigenvalue weighted by atomic mass is 32.2. The minimum Gasteiger partial charge on any atom is -0.465 e. The van der Waals surface area contributed by atoms with Gasteiger partial charge in [-0.05, 0) is 36.8 Å². The Kier molecular flexibility index (Phi) is 5.23. The van der Waals surface area contributed by atoms with Crippen LogP contribution in [0.4, 0.5) is 11.4 Å². The Labute approximate surface area is 157 Å². The summed E-state index contributed by atoms with van der Waals surface area (Å²) in [6.45, 7) is 1.98. The molecule has 2 aromatic rings. The van der Waals surface area contributed by atoms with E-state index in [0.717, 1.165) is 21.8 Å². The molecule has 0 saturated carbocycles. The number of rotatable bonds is 5. The van der Waals surface area contributed by atoms with Crippen molar-refractivity contribution < 1.29 is 14.3 Å². The first-order chi connectivity index (χ1) is 12.5. The second-order valence-corrected chi connectivity index (χ2v) is 7.70. The summed E-state index contributed by atoms with van der Waals surface area (Å²) in [5.74, 6) is -0.845. The summed E-state index contributed by atoms with van der Waals surface area (Å²) in [5.41, 5.74) is 2.66. The van der Waals surface area contributed by atoms with E-state index in [2.05, 4.69) is 5.32 Å². The van der Waals surface area contributed by atoms with Gasteiger partial charge in [0.05, 0.1) is 6.61 Å². The summed E-state index contributed by atoms with van der Waals surface area (Å²) < 4.78 is 3.95. The van der Waals surface area contributed by atoms with Gasteiger partial charge in [0.2, 0.25) is 4.75 Å². The van der Waals surface area contributed by atoms with Crippen LogP contribution in [0.15, 0.2) is 53.4 Å². The molecule has 0 spiro atoms. The maximum absolute atomic E-state index is 13.0. The number of nitrogens with zero attached hydrogens (tertiary/aromatic N) is 1. The van der Waals surface area contributed by atoms with Crippen LogP contribution in [0.2, 0.25) is 0 Å². The van der Waals surface area contributed by atoms with Crippen LogP contribution in [0.3, 0.4) is 0 Å². The molecule has 1 amide bonds. The van der Waals surface area contributed by atoms with Gasteiger partial charge in [-0.3, -0.25) is 4.79 Å².